The fourth-order valence-electron chi connectivity index (χ4n) is 3.89. The lowest BCUT2D eigenvalue weighted by atomic mass is 9.81. The van der Waals surface area contributed by atoms with Crippen molar-refractivity contribution >= 4 is 11.9 Å². The molecule has 0 radical (unpaired) electrons. The van der Waals surface area contributed by atoms with Crippen LogP contribution in [0.3, 0.4) is 0 Å². The lowest BCUT2D eigenvalue weighted by Crippen LogP contribution is -2.47. The molecule has 2 unspecified atom stereocenters. The molecule has 128 valence electrons. The van der Waals surface area contributed by atoms with E-state index in [1.807, 2.05) is 23.1 Å². The predicted octanol–water partition coefficient (Wildman–Crippen LogP) is 1.80. The van der Waals surface area contributed by atoms with Gasteiger partial charge in [-0.3, -0.25) is 4.79 Å². The normalized spacial score (nSPS) is 24.8. The van der Waals surface area contributed by atoms with Crippen LogP contribution in [0.1, 0.15) is 31.2 Å². The first-order valence-corrected chi connectivity index (χ1v) is 8.83. The van der Waals surface area contributed by atoms with Crippen LogP contribution in [0, 0.1) is 17.8 Å². The fourth-order valence-corrected chi connectivity index (χ4v) is 3.89. The Labute approximate surface area is 143 Å². The molecule has 0 bridgehead atoms. The van der Waals surface area contributed by atoms with E-state index >= 15 is 0 Å². The quantitative estimate of drug-likeness (QED) is 0.793. The van der Waals surface area contributed by atoms with E-state index in [0.29, 0.717) is 18.8 Å². The Morgan fingerprint density at radius 1 is 1.00 bits per heavy atom. The van der Waals surface area contributed by atoms with Gasteiger partial charge in [0.05, 0.1) is 0 Å². The second-order valence-electron chi connectivity index (χ2n) is 6.93. The maximum atomic E-state index is 12.7. The maximum absolute atomic E-state index is 12.7. The van der Waals surface area contributed by atoms with Gasteiger partial charge in [0.2, 0.25) is 5.91 Å². The van der Waals surface area contributed by atoms with Crippen molar-refractivity contribution in [1.82, 2.24) is 4.90 Å². The number of hydrogen-bond donors (Lipinski definition) is 0. The van der Waals surface area contributed by atoms with Crippen LogP contribution in [0.4, 0.5) is 0 Å². The Balaban J connectivity index is 1.55. The average Bonchev–Trinajstić information content (AvgIpc) is 2.62. The number of hydrogen-bond acceptors (Lipinski definition) is 3. The van der Waals surface area contributed by atoms with Gasteiger partial charge < -0.3 is 14.8 Å². The minimum Gasteiger partial charge on any atom is -0.550 e. The molecule has 1 fully saturated rings. The minimum atomic E-state index is -1.10. The molecular weight excluding hydrogens is 302 g/mol. The molecule has 1 aliphatic heterocycles. The summed E-state index contributed by atoms with van der Waals surface area (Å²) in [6, 6.07) is 10.4. The SMILES string of the molecule is O=C([O-])C1CC=CCC1C(=O)N1CCC(Cc2ccccc2)CC1. The number of amides is 1. The zero-order valence-electron chi connectivity index (χ0n) is 13.9. The molecule has 1 aromatic rings. The van der Waals surface area contributed by atoms with Crippen molar-refractivity contribution in [3.05, 3.63) is 48.0 Å². The van der Waals surface area contributed by atoms with Crippen LogP contribution in [0.15, 0.2) is 42.5 Å². The van der Waals surface area contributed by atoms with E-state index in [9.17, 15) is 14.7 Å². The summed E-state index contributed by atoms with van der Waals surface area (Å²) < 4.78 is 0. The van der Waals surface area contributed by atoms with Crippen LogP contribution >= 0.6 is 0 Å². The number of rotatable bonds is 4. The van der Waals surface area contributed by atoms with Gasteiger partial charge in [-0.2, -0.15) is 0 Å². The number of nitrogens with zero attached hydrogens (tertiary/aromatic N) is 1. The topological polar surface area (TPSA) is 60.4 Å². The van der Waals surface area contributed by atoms with Gasteiger partial charge in [0, 0.05) is 30.9 Å². The highest BCUT2D eigenvalue weighted by atomic mass is 16.4. The van der Waals surface area contributed by atoms with Gasteiger partial charge in [-0.15, -0.1) is 0 Å². The summed E-state index contributed by atoms with van der Waals surface area (Å²) in [5, 5.41) is 11.3. The van der Waals surface area contributed by atoms with Gasteiger partial charge in [-0.25, -0.2) is 0 Å². The van der Waals surface area contributed by atoms with Crippen LogP contribution in [0.25, 0.3) is 0 Å². The lowest BCUT2D eigenvalue weighted by Gasteiger charge is -2.37. The number of benzene rings is 1. The average molecular weight is 326 g/mol. The van der Waals surface area contributed by atoms with Crippen LogP contribution in [0.2, 0.25) is 0 Å². The predicted molar refractivity (Wildman–Crippen MR) is 89.8 cm³/mol. The van der Waals surface area contributed by atoms with Crippen LogP contribution < -0.4 is 5.11 Å². The minimum absolute atomic E-state index is 0.00767. The van der Waals surface area contributed by atoms with Crippen LogP contribution in [0.5, 0.6) is 0 Å². The molecule has 1 saturated heterocycles. The third kappa shape index (κ3) is 3.86. The number of piperidine rings is 1. The third-order valence-corrected chi connectivity index (χ3v) is 5.35. The van der Waals surface area contributed by atoms with Crippen molar-refractivity contribution in [3.63, 3.8) is 0 Å². The van der Waals surface area contributed by atoms with Gasteiger partial charge in [0.1, 0.15) is 0 Å². The molecule has 2 aliphatic rings. The van der Waals surface area contributed by atoms with Crippen molar-refractivity contribution in [2.45, 2.75) is 32.1 Å². The van der Waals surface area contributed by atoms with Crippen LogP contribution in [-0.4, -0.2) is 29.9 Å². The molecule has 4 heteroatoms. The zero-order chi connectivity index (χ0) is 16.9. The number of aliphatic carboxylic acids is 1. The highest BCUT2D eigenvalue weighted by Gasteiger charge is 2.34. The van der Waals surface area contributed by atoms with Gasteiger partial charge in [-0.05, 0) is 43.6 Å². The molecule has 1 aliphatic carbocycles. The van der Waals surface area contributed by atoms with E-state index in [1.165, 1.54) is 5.56 Å². The monoisotopic (exact) mass is 326 g/mol. The highest BCUT2D eigenvalue weighted by molar-refractivity contribution is 5.84. The molecule has 3 rings (SSSR count). The number of carbonyl (C=O) groups is 2. The second-order valence-corrected chi connectivity index (χ2v) is 6.93. The summed E-state index contributed by atoms with van der Waals surface area (Å²) in [5.41, 5.74) is 1.34. The van der Waals surface area contributed by atoms with E-state index in [1.54, 1.807) is 0 Å². The summed E-state index contributed by atoms with van der Waals surface area (Å²) in [6.45, 7) is 1.46. The summed E-state index contributed by atoms with van der Waals surface area (Å²) >= 11 is 0. The maximum Gasteiger partial charge on any atom is 0.226 e. The molecule has 0 N–H and O–H groups in total. The molecule has 0 aromatic heterocycles. The number of carboxylic acids is 1. The van der Waals surface area contributed by atoms with Gasteiger partial charge in [0.25, 0.3) is 0 Å². The molecular formula is C20H24NO3-. The highest BCUT2D eigenvalue weighted by Crippen LogP contribution is 2.29. The zero-order valence-corrected chi connectivity index (χ0v) is 13.9. The summed E-state index contributed by atoms with van der Waals surface area (Å²) in [7, 11) is 0. The van der Waals surface area contributed by atoms with Crippen molar-refractivity contribution in [2.24, 2.45) is 17.8 Å². The van der Waals surface area contributed by atoms with Crippen molar-refractivity contribution in [1.29, 1.82) is 0 Å². The second kappa shape index (κ2) is 7.65. The largest absolute Gasteiger partial charge is 0.550 e. The molecule has 0 saturated carbocycles. The molecule has 0 spiro atoms. The fraction of sp³-hybridized carbons (Fsp3) is 0.500. The first-order valence-electron chi connectivity index (χ1n) is 8.83. The van der Waals surface area contributed by atoms with E-state index in [-0.39, 0.29) is 5.91 Å². The molecule has 4 nitrogen and oxygen atoms in total. The van der Waals surface area contributed by atoms with Crippen molar-refractivity contribution in [2.75, 3.05) is 13.1 Å². The number of carbonyl (C=O) groups excluding carboxylic acids is 2. The summed E-state index contributed by atoms with van der Waals surface area (Å²) in [5.74, 6) is -1.64. The Kier molecular flexibility index (Phi) is 5.34. The lowest BCUT2D eigenvalue weighted by molar-refractivity contribution is -0.313. The third-order valence-electron chi connectivity index (χ3n) is 5.35. The van der Waals surface area contributed by atoms with E-state index < -0.39 is 17.8 Å². The molecule has 1 aromatic carbocycles. The molecule has 24 heavy (non-hydrogen) atoms. The van der Waals surface area contributed by atoms with E-state index in [0.717, 1.165) is 32.4 Å². The number of carboxylic acid groups (broad SMARTS) is 1. The molecule has 2 atom stereocenters. The Morgan fingerprint density at radius 3 is 2.25 bits per heavy atom. The first kappa shape index (κ1) is 16.7. The Hall–Kier alpha value is -2.10. The van der Waals surface area contributed by atoms with Crippen LogP contribution in [-0.2, 0) is 16.0 Å². The molecule has 1 amide bonds. The Morgan fingerprint density at radius 2 is 1.62 bits per heavy atom. The van der Waals surface area contributed by atoms with Crippen molar-refractivity contribution < 1.29 is 14.7 Å². The van der Waals surface area contributed by atoms with E-state index in [4.69, 9.17) is 0 Å². The summed E-state index contributed by atoms with van der Waals surface area (Å²) in [4.78, 5) is 25.9. The Bertz CT molecular complexity index is 603. The smallest absolute Gasteiger partial charge is 0.226 e. The summed E-state index contributed by atoms with van der Waals surface area (Å²) in [6.07, 6.45) is 7.71. The van der Waals surface area contributed by atoms with Gasteiger partial charge in [0.15, 0.2) is 0 Å². The standard InChI is InChI=1S/C20H25NO3/c22-19(17-8-4-5-9-18(17)20(23)24)21-12-10-16(11-13-21)14-15-6-2-1-3-7-15/h1-7,16-18H,8-14H2,(H,23,24)/p-1. The van der Waals surface area contributed by atoms with E-state index in [2.05, 4.69) is 24.3 Å². The number of allylic oxidation sites excluding steroid dienone is 2. The van der Waals surface area contributed by atoms with Gasteiger partial charge >= 0.3 is 0 Å². The molecule has 1 heterocycles. The first-order chi connectivity index (χ1) is 11.6. The van der Waals surface area contributed by atoms with Gasteiger partial charge in [-0.1, -0.05) is 42.5 Å². The van der Waals surface area contributed by atoms with Crippen molar-refractivity contribution in [3.8, 4) is 0 Å². The number of likely N-dealkylation sites (tertiary alicyclic amines) is 1.